The Morgan fingerprint density at radius 1 is 1.83 bits per heavy atom. The first-order valence-electron chi connectivity index (χ1n) is 3.71. The van der Waals surface area contributed by atoms with E-state index < -0.39 is 0 Å². The van der Waals surface area contributed by atoms with E-state index in [-0.39, 0.29) is 5.92 Å². The van der Waals surface area contributed by atoms with Gasteiger partial charge in [0.2, 0.25) is 0 Å². The zero-order chi connectivity index (χ0) is 8.97. The minimum atomic E-state index is -0.0877. The zero-order valence-corrected chi connectivity index (χ0v) is 9.15. The molecule has 0 saturated heterocycles. The lowest BCUT2D eigenvalue weighted by atomic mass is 10.2. The number of rotatable bonds is 3. The van der Waals surface area contributed by atoms with Crippen LogP contribution in [0.1, 0.15) is 23.5 Å². The fraction of sp³-hybridized carbons (Fsp3) is 0.500. The molecule has 1 rings (SSSR count). The van der Waals surface area contributed by atoms with Crippen LogP contribution in [0.2, 0.25) is 0 Å². The first-order valence-corrected chi connectivity index (χ1v) is 5.71. The number of thiazole rings is 1. The lowest BCUT2D eigenvalue weighted by Gasteiger charge is -1.97. The van der Waals surface area contributed by atoms with Gasteiger partial charge in [-0.15, -0.1) is 11.3 Å². The SMILES string of the molecule is CCc1csc(C(C#N)CBr)n1. The molecule has 0 aliphatic heterocycles. The molecule has 1 aromatic rings. The fourth-order valence-corrected chi connectivity index (χ4v) is 2.41. The summed E-state index contributed by atoms with van der Waals surface area (Å²) in [5.41, 5.74) is 1.08. The third-order valence-corrected chi connectivity index (χ3v) is 3.19. The zero-order valence-electron chi connectivity index (χ0n) is 6.75. The number of halogens is 1. The fourth-order valence-electron chi connectivity index (χ4n) is 0.801. The number of aromatic nitrogens is 1. The van der Waals surface area contributed by atoms with Crippen LogP contribution in [0.25, 0.3) is 0 Å². The molecule has 0 bridgehead atoms. The van der Waals surface area contributed by atoms with Gasteiger partial charge in [0.15, 0.2) is 0 Å². The van der Waals surface area contributed by atoms with Crippen LogP contribution in [0.4, 0.5) is 0 Å². The summed E-state index contributed by atoms with van der Waals surface area (Å²) in [5.74, 6) is -0.0877. The molecular weight excluding hydrogens is 236 g/mol. The Hall–Kier alpha value is -0.400. The second-order valence-corrected chi connectivity index (χ2v) is 3.90. The predicted octanol–water partition coefficient (Wildman–Crippen LogP) is 2.71. The first kappa shape index (κ1) is 9.69. The van der Waals surface area contributed by atoms with Crippen LogP contribution in [-0.2, 0) is 6.42 Å². The van der Waals surface area contributed by atoms with Crippen LogP contribution in [-0.4, -0.2) is 10.3 Å². The topological polar surface area (TPSA) is 36.7 Å². The number of alkyl halides is 1. The highest BCUT2D eigenvalue weighted by molar-refractivity contribution is 9.09. The Kier molecular flexibility index (Phi) is 3.70. The molecule has 12 heavy (non-hydrogen) atoms. The second kappa shape index (κ2) is 4.58. The van der Waals surface area contributed by atoms with E-state index in [0.717, 1.165) is 17.1 Å². The van der Waals surface area contributed by atoms with E-state index >= 15 is 0 Å². The molecule has 0 fully saturated rings. The summed E-state index contributed by atoms with van der Waals surface area (Å²) >= 11 is 4.86. The van der Waals surface area contributed by atoms with Crippen molar-refractivity contribution in [2.75, 3.05) is 5.33 Å². The first-order chi connectivity index (χ1) is 5.81. The van der Waals surface area contributed by atoms with Gasteiger partial charge in [0, 0.05) is 10.7 Å². The van der Waals surface area contributed by atoms with Crippen LogP contribution in [0, 0.1) is 11.3 Å². The van der Waals surface area contributed by atoms with E-state index in [1.807, 2.05) is 5.38 Å². The molecule has 4 heteroatoms. The van der Waals surface area contributed by atoms with Gasteiger partial charge in [-0.05, 0) is 6.42 Å². The summed E-state index contributed by atoms with van der Waals surface area (Å²) in [4.78, 5) is 4.34. The van der Waals surface area contributed by atoms with E-state index in [4.69, 9.17) is 5.26 Å². The summed E-state index contributed by atoms with van der Waals surface area (Å²) in [6.07, 6.45) is 0.941. The van der Waals surface area contributed by atoms with Crippen LogP contribution in [0.5, 0.6) is 0 Å². The Labute approximate surface area is 84.4 Å². The Morgan fingerprint density at radius 3 is 3.00 bits per heavy atom. The normalized spacial score (nSPS) is 12.4. The summed E-state index contributed by atoms with van der Waals surface area (Å²) in [5, 5.41) is 12.4. The van der Waals surface area contributed by atoms with E-state index in [0.29, 0.717) is 5.33 Å². The number of nitrogens with zero attached hydrogens (tertiary/aromatic N) is 2. The Balaban J connectivity index is 2.81. The molecule has 0 aliphatic carbocycles. The molecule has 0 aliphatic rings. The van der Waals surface area contributed by atoms with Crippen molar-refractivity contribution in [3.63, 3.8) is 0 Å². The molecule has 1 aromatic heterocycles. The third-order valence-electron chi connectivity index (χ3n) is 1.54. The minimum absolute atomic E-state index is 0.0877. The van der Waals surface area contributed by atoms with Crippen molar-refractivity contribution in [2.24, 2.45) is 0 Å². The van der Waals surface area contributed by atoms with Crippen LogP contribution >= 0.6 is 27.3 Å². The maximum absolute atomic E-state index is 8.75. The van der Waals surface area contributed by atoms with E-state index in [1.165, 1.54) is 0 Å². The van der Waals surface area contributed by atoms with Gasteiger partial charge >= 0.3 is 0 Å². The highest BCUT2D eigenvalue weighted by Crippen LogP contribution is 2.21. The van der Waals surface area contributed by atoms with Crippen molar-refractivity contribution in [2.45, 2.75) is 19.3 Å². The number of nitriles is 1. The van der Waals surface area contributed by atoms with E-state index in [1.54, 1.807) is 11.3 Å². The second-order valence-electron chi connectivity index (χ2n) is 2.37. The minimum Gasteiger partial charge on any atom is -0.245 e. The molecule has 1 heterocycles. The number of aryl methyl sites for hydroxylation is 1. The molecule has 0 spiro atoms. The average molecular weight is 245 g/mol. The highest BCUT2D eigenvalue weighted by atomic mass is 79.9. The van der Waals surface area contributed by atoms with Gasteiger partial charge in [-0.25, -0.2) is 4.98 Å². The van der Waals surface area contributed by atoms with Crippen LogP contribution in [0.3, 0.4) is 0 Å². The smallest absolute Gasteiger partial charge is 0.111 e. The lowest BCUT2D eigenvalue weighted by Crippen LogP contribution is -1.96. The highest BCUT2D eigenvalue weighted by Gasteiger charge is 2.12. The standard InChI is InChI=1S/C8H9BrN2S/c1-2-7-5-12-8(11-7)6(3-9)4-10/h5-6H,2-3H2,1H3. The van der Waals surface area contributed by atoms with Crippen molar-refractivity contribution >= 4 is 27.3 Å². The molecule has 0 amide bonds. The van der Waals surface area contributed by atoms with Gasteiger partial charge in [0.25, 0.3) is 0 Å². The molecule has 64 valence electrons. The summed E-state index contributed by atoms with van der Waals surface area (Å²) in [6, 6.07) is 2.21. The predicted molar refractivity (Wildman–Crippen MR) is 53.6 cm³/mol. The molecule has 2 nitrogen and oxygen atoms in total. The average Bonchev–Trinajstić information content (AvgIpc) is 2.55. The Morgan fingerprint density at radius 2 is 2.58 bits per heavy atom. The molecule has 1 unspecified atom stereocenters. The van der Waals surface area contributed by atoms with E-state index in [9.17, 15) is 0 Å². The van der Waals surface area contributed by atoms with Crippen molar-refractivity contribution in [1.29, 1.82) is 5.26 Å². The Bertz CT molecular complexity index is 289. The molecule has 0 N–H and O–H groups in total. The summed E-state index contributed by atoms with van der Waals surface area (Å²) < 4.78 is 0. The maximum atomic E-state index is 8.75. The van der Waals surface area contributed by atoms with Gasteiger partial charge in [-0.3, -0.25) is 0 Å². The van der Waals surface area contributed by atoms with Crippen molar-refractivity contribution in [3.05, 3.63) is 16.1 Å². The summed E-state index contributed by atoms with van der Waals surface area (Å²) in [7, 11) is 0. The summed E-state index contributed by atoms with van der Waals surface area (Å²) in [6.45, 7) is 2.06. The van der Waals surface area contributed by atoms with Crippen LogP contribution < -0.4 is 0 Å². The number of hydrogen-bond donors (Lipinski definition) is 0. The van der Waals surface area contributed by atoms with Gasteiger partial charge < -0.3 is 0 Å². The molecule has 1 atom stereocenters. The number of hydrogen-bond acceptors (Lipinski definition) is 3. The lowest BCUT2D eigenvalue weighted by molar-refractivity contribution is 0.944. The molecule has 0 aromatic carbocycles. The van der Waals surface area contributed by atoms with Crippen LogP contribution in [0.15, 0.2) is 5.38 Å². The van der Waals surface area contributed by atoms with Gasteiger partial charge in [-0.1, -0.05) is 22.9 Å². The largest absolute Gasteiger partial charge is 0.245 e. The molecular formula is C8H9BrN2S. The third kappa shape index (κ3) is 2.05. The maximum Gasteiger partial charge on any atom is 0.111 e. The van der Waals surface area contributed by atoms with E-state index in [2.05, 4.69) is 33.9 Å². The van der Waals surface area contributed by atoms with Crippen molar-refractivity contribution < 1.29 is 0 Å². The van der Waals surface area contributed by atoms with Gasteiger partial charge in [0.05, 0.1) is 11.8 Å². The monoisotopic (exact) mass is 244 g/mol. The molecule has 0 radical (unpaired) electrons. The molecule has 0 saturated carbocycles. The quantitative estimate of drug-likeness (QED) is 0.767. The van der Waals surface area contributed by atoms with Gasteiger partial charge in [0.1, 0.15) is 10.9 Å². The van der Waals surface area contributed by atoms with Crippen molar-refractivity contribution in [3.8, 4) is 6.07 Å². The van der Waals surface area contributed by atoms with Crippen molar-refractivity contribution in [1.82, 2.24) is 4.98 Å². The van der Waals surface area contributed by atoms with Gasteiger partial charge in [-0.2, -0.15) is 5.26 Å².